The molecule has 1 aliphatic heterocycles. The topological polar surface area (TPSA) is 104 Å². The van der Waals surface area contributed by atoms with Crippen LogP contribution in [0.15, 0.2) is 59.0 Å². The quantitative estimate of drug-likeness (QED) is 0.557. The Labute approximate surface area is 171 Å². The number of aliphatic imine (C=N–C) groups is 1. The van der Waals surface area contributed by atoms with E-state index in [0.29, 0.717) is 28.6 Å². The van der Waals surface area contributed by atoms with Crippen molar-refractivity contribution in [2.45, 2.75) is 12.5 Å². The molecule has 2 aromatic carbocycles. The number of carbonyl (C=O) groups excluding carboxylic acids is 1. The van der Waals surface area contributed by atoms with Gasteiger partial charge in [-0.2, -0.15) is 0 Å². The minimum Gasteiger partial charge on any atom is -0.490 e. The second-order valence-corrected chi connectivity index (χ2v) is 7.38. The first-order valence-electron chi connectivity index (χ1n) is 9.07. The summed E-state index contributed by atoms with van der Waals surface area (Å²) in [4.78, 5) is 21.5. The molecule has 1 atom stereocenters. The fourth-order valence-corrected chi connectivity index (χ4v) is 3.60. The molecule has 3 N–H and O–H groups in total. The molecule has 0 bridgehead atoms. The highest BCUT2D eigenvalue weighted by atomic mass is 32.1. The molecule has 7 nitrogen and oxygen atoms in total. The van der Waals surface area contributed by atoms with Crippen LogP contribution in [0.25, 0.3) is 0 Å². The molecule has 0 saturated carbocycles. The van der Waals surface area contributed by atoms with Crippen molar-refractivity contribution >= 4 is 33.8 Å². The van der Waals surface area contributed by atoms with E-state index in [2.05, 4.69) is 10.3 Å². The van der Waals surface area contributed by atoms with E-state index in [1.54, 1.807) is 23.7 Å². The first-order chi connectivity index (χ1) is 14.2. The van der Waals surface area contributed by atoms with Gasteiger partial charge in [0.25, 0.3) is 5.91 Å². The molecule has 0 radical (unpaired) electrons. The molecule has 29 heavy (non-hydrogen) atoms. The summed E-state index contributed by atoms with van der Waals surface area (Å²) in [5.74, 6) is 0.317. The molecule has 148 valence electrons. The molecule has 1 aromatic heterocycles. The number of thiazole rings is 1. The average molecular weight is 409 g/mol. The molecule has 4 rings (SSSR count). The fourth-order valence-electron chi connectivity index (χ4n) is 3.08. The van der Waals surface area contributed by atoms with Crippen LogP contribution in [0.5, 0.6) is 5.75 Å². The Kier molecular flexibility index (Phi) is 5.66. The number of ether oxygens (including phenoxy) is 1. The first kappa shape index (κ1) is 19.3. The first-order valence-corrected chi connectivity index (χ1v) is 9.95. The third kappa shape index (κ3) is 4.19. The summed E-state index contributed by atoms with van der Waals surface area (Å²) < 4.78 is 5.67. The SMILES string of the molecule is O=C(Nc1nccs1)c1cccc2c1N=C(c1ccccc1OCC(O)CO)C2. The fraction of sp³-hybridized carbons (Fsp3) is 0.190. The zero-order chi connectivity index (χ0) is 20.2. The van der Waals surface area contributed by atoms with Crippen LogP contribution in [0, 0.1) is 0 Å². The highest BCUT2D eigenvalue weighted by molar-refractivity contribution is 7.13. The molecule has 1 amide bonds. The van der Waals surface area contributed by atoms with Crippen molar-refractivity contribution in [1.29, 1.82) is 0 Å². The predicted octanol–water partition coefficient (Wildman–Crippen LogP) is 2.80. The highest BCUT2D eigenvalue weighted by Gasteiger charge is 2.24. The molecule has 0 spiro atoms. The number of aliphatic hydroxyl groups is 2. The third-order valence-electron chi connectivity index (χ3n) is 4.46. The van der Waals surface area contributed by atoms with Crippen LogP contribution >= 0.6 is 11.3 Å². The van der Waals surface area contributed by atoms with Crippen molar-refractivity contribution in [2.24, 2.45) is 4.99 Å². The molecule has 0 aliphatic carbocycles. The van der Waals surface area contributed by atoms with E-state index in [4.69, 9.17) is 14.8 Å². The third-order valence-corrected chi connectivity index (χ3v) is 5.15. The second kappa shape index (κ2) is 8.52. The number of nitrogens with one attached hydrogen (secondary N) is 1. The van der Waals surface area contributed by atoms with Crippen molar-refractivity contribution in [1.82, 2.24) is 4.98 Å². The standard InChI is InChI=1S/C21H19N3O4S/c25-11-14(26)12-28-18-7-2-1-5-15(18)17-10-13-4-3-6-16(19(13)23-17)20(27)24-21-22-8-9-29-21/h1-9,14,25-26H,10-12H2,(H,22,24,27). The van der Waals surface area contributed by atoms with Crippen molar-refractivity contribution < 1.29 is 19.7 Å². The summed E-state index contributed by atoms with van der Waals surface area (Å²) in [7, 11) is 0. The Morgan fingerprint density at radius 2 is 2.10 bits per heavy atom. The predicted molar refractivity (Wildman–Crippen MR) is 111 cm³/mol. The number of hydrogen-bond donors (Lipinski definition) is 3. The van der Waals surface area contributed by atoms with E-state index in [9.17, 15) is 9.90 Å². The lowest BCUT2D eigenvalue weighted by Crippen LogP contribution is -2.22. The summed E-state index contributed by atoms with van der Waals surface area (Å²) in [5, 5.41) is 23.7. The number of fused-ring (bicyclic) bond motifs is 1. The van der Waals surface area contributed by atoms with Gasteiger partial charge in [-0.3, -0.25) is 15.1 Å². The van der Waals surface area contributed by atoms with Crippen LogP contribution < -0.4 is 10.1 Å². The molecule has 2 heterocycles. The summed E-state index contributed by atoms with van der Waals surface area (Å²) in [6.45, 7) is -0.388. The van der Waals surface area contributed by atoms with Crippen LogP contribution in [-0.2, 0) is 6.42 Å². The number of amides is 1. The van der Waals surface area contributed by atoms with E-state index in [-0.39, 0.29) is 19.1 Å². The molecule has 1 unspecified atom stereocenters. The minimum atomic E-state index is -0.952. The molecule has 0 saturated heterocycles. The van der Waals surface area contributed by atoms with Crippen molar-refractivity contribution in [3.8, 4) is 5.75 Å². The average Bonchev–Trinajstić information content (AvgIpc) is 3.41. The van der Waals surface area contributed by atoms with Crippen molar-refractivity contribution in [3.63, 3.8) is 0 Å². The van der Waals surface area contributed by atoms with Gasteiger partial charge < -0.3 is 14.9 Å². The van der Waals surface area contributed by atoms with Crippen molar-refractivity contribution in [2.75, 3.05) is 18.5 Å². The van der Waals surface area contributed by atoms with Gasteiger partial charge in [-0.25, -0.2) is 4.98 Å². The number of benzene rings is 2. The summed E-state index contributed by atoms with van der Waals surface area (Å²) in [6, 6.07) is 12.9. The zero-order valence-corrected chi connectivity index (χ0v) is 16.2. The molecule has 1 aliphatic rings. The van der Waals surface area contributed by atoms with E-state index in [1.165, 1.54) is 11.3 Å². The van der Waals surface area contributed by atoms with Crippen LogP contribution in [-0.4, -0.2) is 46.1 Å². The Balaban J connectivity index is 1.61. The number of rotatable bonds is 7. The Bertz CT molecular complexity index is 1050. The van der Waals surface area contributed by atoms with Gasteiger partial charge in [-0.1, -0.05) is 24.3 Å². The van der Waals surface area contributed by atoms with E-state index >= 15 is 0 Å². The number of nitrogens with zero attached hydrogens (tertiary/aromatic N) is 2. The largest absolute Gasteiger partial charge is 0.490 e. The Hall–Kier alpha value is -3.07. The van der Waals surface area contributed by atoms with Crippen LogP contribution in [0.1, 0.15) is 21.5 Å². The number of anilines is 1. The number of aliphatic hydroxyl groups excluding tert-OH is 2. The van der Waals surface area contributed by atoms with Crippen LogP contribution in [0.4, 0.5) is 10.8 Å². The normalized spacial score (nSPS) is 13.5. The maximum absolute atomic E-state index is 12.7. The highest BCUT2D eigenvalue weighted by Crippen LogP contribution is 2.35. The maximum Gasteiger partial charge on any atom is 0.259 e. The lowest BCUT2D eigenvalue weighted by molar-refractivity contribution is 0.0535. The molecule has 3 aromatic rings. The maximum atomic E-state index is 12.7. The molecular weight excluding hydrogens is 390 g/mol. The van der Waals surface area contributed by atoms with Gasteiger partial charge >= 0.3 is 0 Å². The Morgan fingerprint density at radius 1 is 1.24 bits per heavy atom. The van der Waals surface area contributed by atoms with Gasteiger partial charge in [-0.15, -0.1) is 11.3 Å². The van der Waals surface area contributed by atoms with Gasteiger partial charge in [0.05, 0.1) is 23.6 Å². The zero-order valence-electron chi connectivity index (χ0n) is 15.4. The van der Waals surface area contributed by atoms with Crippen LogP contribution in [0.2, 0.25) is 0 Å². The number of para-hydroxylation sites is 2. The lowest BCUT2D eigenvalue weighted by Gasteiger charge is -2.13. The lowest BCUT2D eigenvalue weighted by atomic mass is 10.0. The smallest absolute Gasteiger partial charge is 0.259 e. The van der Waals surface area contributed by atoms with E-state index in [0.717, 1.165) is 16.8 Å². The molecule has 0 fully saturated rings. The molecule has 8 heteroatoms. The van der Waals surface area contributed by atoms with Crippen LogP contribution in [0.3, 0.4) is 0 Å². The van der Waals surface area contributed by atoms with E-state index < -0.39 is 6.10 Å². The molecular formula is C21H19N3O4S. The van der Waals surface area contributed by atoms with Gasteiger partial charge in [0.2, 0.25) is 0 Å². The summed E-state index contributed by atoms with van der Waals surface area (Å²) in [5.41, 5.74) is 3.66. The van der Waals surface area contributed by atoms with Crippen molar-refractivity contribution in [3.05, 3.63) is 70.7 Å². The number of aromatic nitrogens is 1. The summed E-state index contributed by atoms with van der Waals surface area (Å²) in [6.07, 6.45) is 1.25. The van der Waals surface area contributed by atoms with Gasteiger partial charge in [0.1, 0.15) is 18.5 Å². The van der Waals surface area contributed by atoms with Gasteiger partial charge in [-0.05, 0) is 23.8 Å². The second-order valence-electron chi connectivity index (χ2n) is 6.48. The minimum absolute atomic E-state index is 0.0186. The Morgan fingerprint density at radius 3 is 2.90 bits per heavy atom. The monoisotopic (exact) mass is 409 g/mol. The van der Waals surface area contributed by atoms with Gasteiger partial charge in [0, 0.05) is 23.6 Å². The van der Waals surface area contributed by atoms with Gasteiger partial charge in [0.15, 0.2) is 5.13 Å². The number of hydrogen-bond acceptors (Lipinski definition) is 7. The van der Waals surface area contributed by atoms with E-state index in [1.807, 2.05) is 30.3 Å². The summed E-state index contributed by atoms with van der Waals surface area (Å²) >= 11 is 1.35. The number of carbonyl (C=O) groups is 1.